The minimum atomic E-state index is -4.62. The summed E-state index contributed by atoms with van der Waals surface area (Å²) < 4.78 is 135. The molecule has 1 fully saturated rings. The zero-order valence-electron chi connectivity index (χ0n) is 38.9. The molecule has 21 heteroatoms. The van der Waals surface area contributed by atoms with Gasteiger partial charge in [-0.05, 0) is 111 Å². The number of halogens is 2. The van der Waals surface area contributed by atoms with Gasteiger partial charge in [-0.15, -0.1) is 5.06 Å². The Bertz CT molecular complexity index is 3150. The van der Waals surface area contributed by atoms with Crippen molar-refractivity contribution in [2.45, 2.75) is 101 Å². The lowest BCUT2D eigenvalue weighted by atomic mass is 9.79. The van der Waals surface area contributed by atoms with Crippen LogP contribution in [0.1, 0.15) is 113 Å². The van der Waals surface area contributed by atoms with Gasteiger partial charge in [-0.3, -0.25) is 23.2 Å². The van der Waals surface area contributed by atoms with E-state index in [1.165, 1.54) is 18.2 Å². The largest absolute Gasteiger partial charge is 0.364 e. The average Bonchev–Trinajstić information content (AvgIpc) is 3.78. The Hall–Kier alpha value is -5.71. The Labute approximate surface area is 405 Å². The van der Waals surface area contributed by atoms with Crippen LogP contribution in [0.3, 0.4) is 0 Å². The second-order valence-corrected chi connectivity index (χ2v) is 23.3. The number of imide groups is 1. The third-order valence-electron chi connectivity index (χ3n) is 13.2. The van der Waals surface area contributed by atoms with E-state index in [1.807, 2.05) is 62.6 Å². The molecule has 0 unspecified atom stereocenters. The SMILES string of the molecule is CC1(C)C(/C=C/C2=C(c3c(F)cc(C(=O)ON4C(=O)CCC4=O)cc3F)C(=C/C=C3/N(CCCCS(=O)(=O)O)c4ccccc4C3(C)C)/CCC2)=[N+](CCCCS(=O)(=O)O)c2ccc(S(=O)(=O)O)cc21. The average molecular weight is 1030 g/mol. The Morgan fingerprint density at radius 1 is 0.757 bits per heavy atom. The molecule has 0 spiro atoms. The normalized spacial score (nSPS) is 19.3. The molecule has 3 aliphatic heterocycles. The van der Waals surface area contributed by atoms with Crippen molar-refractivity contribution in [3.05, 3.63) is 130 Å². The molecular weight excluding hydrogens is 973 g/mol. The minimum Gasteiger partial charge on any atom is -0.344 e. The van der Waals surface area contributed by atoms with Crippen molar-refractivity contribution in [3.8, 4) is 0 Å². The van der Waals surface area contributed by atoms with Crippen molar-refractivity contribution < 1.29 is 71.5 Å². The van der Waals surface area contributed by atoms with Crippen LogP contribution >= 0.6 is 0 Å². The van der Waals surface area contributed by atoms with Crippen molar-refractivity contribution in [2.75, 3.05) is 29.5 Å². The van der Waals surface area contributed by atoms with Gasteiger partial charge in [0, 0.05) is 60.3 Å². The molecule has 3 heterocycles. The van der Waals surface area contributed by atoms with Crippen molar-refractivity contribution in [1.82, 2.24) is 5.06 Å². The number of hydrogen-bond acceptors (Lipinski definition) is 11. The Morgan fingerprint density at radius 2 is 1.39 bits per heavy atom. The Morgan fingerprint density at radius 3 is 2.01 bits per heavy atom. The Kier molecular flexibility index (Phi) is 14.8. The first kappa shape index (κ1) is 52.1. The molecule has 0 aromatic heterocycles. The lowest BCUT2D eigenvalue weighted by molar-refractivity contribution is -0.438. The predicted octanol–water partition coefficient (Wildman–Crippen LogP) is 7.95. The number of rotatable bonds is 17. The fraction of sp³-hybridized carbons (Fsp3) is 0.388. The van der Waals surface area contributed by atoms with Crippen LogP contribution in [0.2, 0.25) is 0 Å². The number of nitrogens with zero attached hydrogens (tertiary/aromatic N) is 3. The smallest absolute Gasteiger partial charge is 0.344 e. The van der Waals surface area contributed by atoms with Crippen molar-refractivity contribution in [2.24, 2.45) is 0 Å². The fourth-order valence-electron chi connectivity index (χ4n) is 9.71. The highest BCUT2D eigenvalue weighted by Crippen LogP contribution is 2.49. The van der Waals surface area contributed by atoms with Gasteiger partial charge < -0.3 is 9.74 Å². The van der Waals surface area contributed by atoms with Gasteiger partial charge in [0.05, 0.1) is 32.9 Å². The van der Waals surface area contributed by atoms with E-state index in [-0.39, 0.29) is 54.2 Å². The topological polar surface area (TPSA) is 233 Å². The highest BCUT2D eigenvalue weighted by Gasteiger charge is 2.45. The molecule has 16 nitrogen and oxygen atoms in total. The summed E-state index contributed by atoms with van der Waals surface area (Å²) in [5.41, 5.74) is 2.83. The van der Waals surface area contributed by atoms with Crippen LogP contribution in [-0.4, -0.2) is 96.6 Å². The predicted molar refractivity (Wildman–Crippen MR) is 256 cm³/mol. The van der Waals surface area contributed by atoms with Crippen LogP contribution in [0.25, 0.3) is 5.57 Å². The molecule has 7 rings (SSSR count). The van der Waals surface area contributed by atoms with Crippen molar-refractivity contribution >= 4 is 70.8 Å². The van der Waals surface area contributed by atoms with Gasteiger partial charge in [0.25, 0.3) is 42.2 Å². The first-order chi connectivity index (χ1) is 32.7. The lowest BCUT2D eigenvalue weighted by Gasteiger charge is -2.28. The van der Waals surface area contributed by atoms with E-state index in [0.717, 1.165) is 29.1 Å². The molecule has 1 saturated heterocycles. The summed E-state index contributed by atoms with van der Waals surface area (Å²) in [5, 5.41) is 0.273. The maximum absolute atomic E-state index is 16.8. The summed E-state index contributed by atoms with van der Waals surface area (Å²) in [7, 11) is -13.1. The molecule has 3 N–H and O–H groups in total. The highest BCUT2D eigenvalue weighted by atomic mass is 32.2. The summed E-state index contributed by atoms with van der Waals surface area (Å²) >= 11 is 0. The van der Waals surface area contributed by atoms with E-state index in [2.05, 4.69) is 4.90 Å². The number of para-hydroxylation sites is 1. The Balaban J connectivity index is 1.37. The standard InChI is InChI=1S/C49H53F2N3O13S3/c1-48(2)35-14-5-6-15-39(35)52(24-7-9-26-68(58,59)60)41(48)20-16-31-12-11-13-32(45(31)46-37(50)28-33(29-38(46)51)47(57)67-54-43(55)22-23-44(54)56)17-21-42-49(3,4)36-30-34(70(64,65)66)18-19-40(36)53(42)25-8-10-27-69(61,62)63/h5-6,14-21,28-30H,7-13,22-27H2,1-4H3,(H2-,58,59,60,61,62,63,64,65,66)/p+1. The van der Waals surface area contributed by atoms with Gasteiger partial charge >= 0.3 is 5.97 Å². The molecule has 70 heavy (non-hydrogen) atoms. The number of unbranched alkanes of at least 4 members (excludes halogenated alkanes) is 2. The first-order valence-electron chi connectivity index (χ1n) is 22.6. The van der Waals surface area contributed by atoms with E-state index in [9.17, 15) is 53.3 Å². The summed E-state index contributed by atoms with van der Waals surface area (Å²) in [5.74, 6) is -6.11. The monoisotopic (exact) mass is 1030 g/mol. The maximum Gasteiger partial charge on any atom is 0.364 e. The number of allylic oxidation sites excluding steroid dienone is 8. The van der Waals surface area contributed by atoms with Crippen LogP contribution < -0.4 is 4.90 Å². The molecular formula is C49H54F2N3O13S3+. The third-order valence-corrected chi connectivity index (χ3v) is 15.6. The van der Waals surface area contributed by atoms with E-state index >= 15 is 8.78 Å². The van der Waals surface area contributed by atoms with E-state index in [0.29, 0.717) is 60.3 Å². The number of carbonyl (C=O) groups excluding carboxylic acids is 3. The lowest BCUT2D eigenvalue weighted by Crippen LogP contribution is -2.32. The molecule has 4 aliphatic rings. The van der Waals surface area contributed by atoms with E-state index in [1.54, 1.807) is 18.2 Å². The summed E-state index contributed by atoms with van der Waals surface area (Å²) in [6.45, 7) is 8.27. The number of hydrogen-bond donors (Lipinski definition) is 3. The number of benzene rings is 3. The van der Waals surface area contributed by atoms with Gasteiger partial charge in [0.1, 0.15) is 18.2 Å². The van der Waals surface area contributed by atoms with Crippen LogP contribution in [0.4, 0.5) is 20.2 Å². The highest BCUT2D eigenvalue weighted by molar-refractivity contribution is 7.86. The molecule has 3 aromatic carbocycles. The van der Waals surface area contributed by atoms with Gasteiger partial charge in [-0.2, -0.15) is 29.8 Å². The molecule has 374 valence electrons. The number of carbonyl (C=O) groups is 3. The fourth-order valence-corrected chi connectivity index (χ4v) is 11.4. The summed E-state index contributed by atoms with van der Waals surface area (Å²) in [6, 6.07) is 13.4. The van der Waals surface area contributed by atoms with Crippen LogP contribution in [0.5, 0.6) is 0 Å². The van der Waals surface area contributed by atoms with Crippen molar-refractivity contribution in [1.29, 1.82) is 0 Å². The zero-order valence-corrected chi connectivity index (χ0v) is 41.4. The molecule has 3 aromatic rings. The van der Waals surface area contributed by atoms with E-state index < -0.39 is 93.2 Å². The minimum absolute atomic E-state index is 0.0841. The van der Waals surface area contributed by atoms with Gasteiger partial charge in [0.15, 0.2) is 5.71 Å². The molecule has 2 amide bonds. The number of amides is 2. The van der Waals surface area contributed by atoms with Crippen LogP contribution in [0, 0.1) is 11.6 Å². The van der Waals surface area contributed by atoms with Crippen LogP contribution in [-0.2, 0) is 55.6 Å². The van der Waals surface area contributed by atoms with Crippen molar-refractivity contribution in [3.63, 3.8) is 0 Å². The molecule has 0 radical (unpaired) electrons. The summed E-state index contributed by atoms with van der Waals surface area (Å²) in [4.78, 5) is 44.2. The van der Waals surface area contributed by atoms with Gasteiger partial charge in [-0.25, -0.2) is 13.6 Å². The second kappa shape index (κ2) is 19.8. The maximum atomic E-state index is 16.8. The molecule has 0 bridgehead atoms. The molecule has 1 aliphatic carbocycles. The first-order valence-corrected chi connectivity index (χ1v) is 27.3. The second-order valence-electron chi connectivity index (χ2n) is 18.7. The van der Waals surface area contributed by atoms with E-state index in [4.69, 9.17) is 4.84 Å². The third kappa shape index (κ3) is 11.1. The molecule has 0 atom stereocenters. The number of anilines is 1. The molecule has 0 saturated carbocycles. The number of hydroxylamine groups is 2. The number of fused-ring (bicyclic) bond motifs is 2. The summed E-state index contributed by atoms with van der Waals surface area (Å²) in [6.07, 6.45) is 8.80. The van der Waals surface area contributed by atoms with Crippen LogP contribution in [0.15, 0.2) is 101 Å². The van der Waals surface area contributed by atoms with Gasteiger partial charge in [0.2, 0.25) is 5.69 Å². The quantitative estimate of drug-likeness (QED) is 0.0504. The zero-order chi connectivity index (χ0) is 51.1. The van der Waals surface area contributed by atoms with Gasteiger partial charge in [-0.1, -0.05) is 44.2 Å².